The number of hydrogen-bond acceptors (Lipinski definition) is 4. The number of thiophene rings is 1. The summed E-state index contributed by atoms with van der Waals surface area (Å²) in [7, 11) is 1.75. The number of aliphatic imine (C=N–C) groups is 1. The monoisotopic (exact) mass is 408 g/mol. The van der Waals surface area contributed by atoms with Crippen molar-refractivity contribution < 1.29 is 13.5 Å². The Morgan fingerprint density at radius 2 is 2.14 bits per heavy atom. The molecule has 2 aromatic rings. The first-order chi connectivity index (χ1) is 13.6. The molecule has 0 aliphatic carbocycles. The van der Waals surface area contributed by atoms with Crippen molar-refractivity contribution in [2.75, 3.05) is 31.6 Å². The predicted molar refractivity (Wildman–Crippen MR) is 111 cm³/mol. The van der Waals surface area contributed by atoms with Crippen LogP contribution in [0, 0.1) is 0 Å². The number of rotatable bonds is 7. The maximum atomic E-state index is 12.7. The minimum absolute atomic E-state index is 0.183. The third kappa shape index (κ3) is 5.34. The third-order valence-electron chi connectivity index (χ3n) is 4.78. The lowest BCUT2D eigenvalue weighted by molar-refractivity contribution is -0.0495. The summed E-state index contributed by atoms with van der Waals surface area (Å²) < 4.78 is 30.0. The number of anilines is 1. The lowest BCUT2D eigenvalue weighted by Crippen LogP contribution is -2.45. The predicted octanol–water partition coefficient (Wildman–Crippen LogP) is 3.90. The summed E-state index contributed by atoms with van der Waals surface area (Å²) in [5.74, 6) is 1.37. The van der Waals surface area contributed by atoms with Crippen molar-refractivity contribution >= 4 is 23.0 Å². The normalized spacial score (nSPS) is 18.4. The zero-order chi connectivity index (χ0) is 19.9. The highest BCUT2D eigenvalue weighted by Gasteiger charge is 2.26. The van der Waals surface area contributed by atoms with Gasteiger partial charge in [0.1, 0.15) is 5.75 Å². The molecule has 2 heterocycles. The van der Waals surface area contributed by atoms with Crippen molar-refractivity contribution in [2.45, 2.75) is 31.9 Å². The molecule has 0 saturated carbocycles. The molecule has 1 fully saturated rings. The number of nitrogens with zero attached hydrogens (tertiary/aromatic N) is 2. The van der Waals surface area contributed by atoms with Crippen molar-refractivity contribution in [2.24, 2.45) is 4.99 Å². The Kier molecular flexibility index (Phi) is 7.08. The van der Waals surface area contributed by atoms with Gasteiger partial charge in [0.2, 0.25) is 0 Å². The van der Waals surface area contributed by atoms with Gasteiger partial charge in [0.25, 0.3) is 0 Å². The Labute approximate surface area is 168 Å². The molecule has 1 aromatic heterocycles. The molecule has 28 heavy (non-hydrogen) atoms. The first-order valence-electron chi connectivity index (χ1n) is 9.36. The summed E-state index contributed by atoms with van der Waals surface area (Å²) in [5.41, 5.74) is 0.696. The molecule has 1 aliphatic heterocycles. The summed E-state index contributed by atoms with van der Waals surface area (Å²) in [6, 6.07) is 11.3. The van der Waals surface area contributed by atoms with Gasteiger partial charge in [0.05, 0.1) is 5.69 Å². The number of nitrogens with one attached hydrogen (secondary N) is 2. The van der Waals surface area contributed by atoms with Crippen LogP contribution < -0.4 is 20.3 Å². The number of benzene rings is 1. The quantitative estimate of drug-likeness (QED) is 0.539. The zero-order valence-corrected chi connectivity index (χ0v) is 16.9. The summed E-state index contributed by atoms with van der Waals surface area (Å²) in [5, 5.41) is 8.90. The minimum Gasteiger partial charge on any atom is -0.433 e. The number of hydrogen-bond donors (Lipinski definition) is 2. The van der Waals surface area contributed by atoms with Crippen LogP contribution in [-0.2, 0) is 0 Å². The molecule has 1 aliphatic rings. The molecule has 3 rings (SSSR count). The van der Waals surface area contributed by atoms with Crippen LogP contribution in [0.1, 0.15) is 24.1 Å². The van der Waals surface area contributed by atoms with Crippen LogP contribution in [0.2, 0.25) is 0 Å². The minimum atomic E-state index is -2.83. The molecule has 2 atom stereocenters. The molecule has 0 spiro atoms. The molecular weight excluding hydrogens is 382 g/mol. The molecule has 0 bridgehead atoms. The van der Waals surface area contributed by atoms with Crippen LogP contribution in [0.5, 0.6) is 5.75 Å². The molecule has 1 saturated heterocycles. The SMILES string of the molecule is CN=C(NCC(C)c1cccs1)NC1CCN(c2ccccc2OC(F)F)C1. The second-order valence-electron chi connectivity index (χ2n) is 6.79. The van der Waals surface area contributed by atoms with Gasteiger partial charge in [-0.2, -0.15) is 8.78 Å². The number of alkyl halides is 2. The van der Waals surface area contributed by atoms with Crippen molar-refractivity contribution in [1.82, 2.24) is 10.6 Å². The van der Waals surface area contributed by atoms with Crippen LogP contribution in [-0.4, -0.2) is 45.3 Å². The van der Waals surface area contributed by atoms with Gasteiger partial charge in [0, 0.05) is 43.5 Å². The van der Waals surface area contributed by atoms with Crippen molar-refractivity contribution in [3.8, 4) is 5.75 Å². The Bertz CT molecular complexity index is 769. The van der Waals surface area contributed by atoms with E-state index in [1.54, 1.807) is 30.5 Å². The first-order valence-corrected chi connectivity index (χ1v) is 10.2. The van der Waals surface area contributed by atoms with Crippen LogP contribution in [0.3, 0.4) is 0 Å². The molecule has 2 unspecified atom stereocenters. The highest BCUT2D eigenvalue weighted by molar-refractivity contribution is 7.10. The van der Waals surface area contributed by atoms with Crippen LogP contribution in [0.4, 0.5) is 14.5 Å². The van der Waals surface area contributed by atoms with Crippen LogP contribution in [0.25, 0.3) is 0 Å². The molecule has 0 radical (unpaired) electrons. The third-order valence-corrected chi connectivity index (χ3v) is 5.88. The summed E-state index contributed by atoms with van der Waals surface area (Å²) >= 11 is 1.75. The van der Waals surface area contributed by atoms with Crippen molar-refractivity contribution in [1.29, 1.82) is 0 Å². The van der Waals surface area contributed by atoms with Crippen LogP contribution >= 0.6 is 11.3 Å². The van der Waals surface area contributed by atoms with E-state index in [-0.39, 0.29) is 11.8 Å². The highest BCUT2D eigenvalue weighted by Crippen LogP contribution is 2.31. The molecule has 5 nitrogen and oxygen atoms in total. The smallest absolute Gasteiger partial charge is 0.387 e. The number of halogens is 2. The standard InChI is InChI=1S/C20H26F2N4OS/c1-14(18-8-5-11-28-18)12-24-20(23-2)25-15-9-10-26(13-15)16-6-3-4-7-17(16)27-19(21)22/h3-8,11,14-15,19H,9-10,12-13H2,1-2H3,(H2,23,24,25). The van der Waals surface area contributed by atoms with Gasteiger partial charge < -0.3 is 20.3 Å². The topological polar surface area (TPSA) is 48.9 Å². The lowest BCUT2D eigenvalue weighted by atomic mass is 10.1. The molecule has 8 heteroatoms. The second kappa shape index (κ2) is 9.73. The van der Waals surface area contributed by atoms with E-state index in [1.807, 2.05) is 12.1 Å². The van der Waals surface area contributed by atoms with Crippen molar-refractivity contribution in [3.05, 3.63) is 46.7 Å². The van der Waals surface area contributed by atoms with E-state index in [9.17, 15) is 8.78 Å². The fourth-order valence-electron chi connectivity index (χ4n) is 3.32. The molecule has 2 N–H and O–H groups in total. The van der Waals surface area contributed by atoms with Gasteiger partial charge >= 0.3 is 6.61 Å². The second-order valence-corrected chi connectivity index (χ2v) is 7.77. The first kappa shape index (κ1) is 20.4. The molecular formula is C20H26F2N4OS. The lowest BCUT2D eigenvalue weighted by Gasteiger charge is -2.23. The largest absolute Gasteiger partial charge is 0.433 e. The van der Waals surface area contributed by atoms with E-state index in [4.69, 9.17) is 0 Å². The maximum Gasteiger partial charge on any atom is 0.387 e. The maximum absolute atomic E-state index is 12.7. The van der Waals surface area contributed by atoms with Gasteiger partial charge in [-0.1, -0.05) is 25.1 Å². The Balaban J connectivity index is 1.54. The van der Waals surface area contributed by atoms with E-state index in [0.717, 1.165) is 25.5 Å². The van der Waals surface area contributed by atoms with Crippen molar-refractivity contribution in [3.63, 3.8) is 0 Å². The molecule has 0 amide bonds. The summed E-state index contributed by atoms with van der Waals surface area (Å²) in [6.07, 6.45) is 0.893. The number of ether oxygens (including phenoxy) is 1. The van der Waals surface area contributed by atoms with Crippen LogP contribution in [0.15, 0.2) is 46.8 Å². The van der Waals surface area contributed by atoms with Gasteiger partial charge in [-0.25, -0.2) is 0 Å². The van der Waals surface area contributed by atoms with Gasteiger partial charge in [-0.05, 0) is 30.0 Å². The highest BCUT2D eigenvalue weighted by atomic mass is 32.1. The van der Waals surface area contributed by atoms with E-state index in [0.29, 0.717) is 18.2 Å². The average Bonchev–Trinajstić information content (AvgIpc) is 3.37. The van der Waals surface area contributed by atoms with Gasteiger partial charge in [0.15, 0.2) is 5.96 Å². The van der Waals surface area contributed by atoms with E-state index in [2.05, 4.69) is 49.7 Å². The van der Waals surface area contributed by atoms with Gasteiger partial charge in [-0.15, -0.1) is 11.3 Å². The van der Waals surface area contributed by atoms with E-state index >= 15 is 0 Å². The number of guanidine groups is 1. The number of para-hydroxylation sites is 2. The Morgan fingerprint density at radius 3 is 2.86 bits per heavy atom. The summed E-state index contributed by atoms with van der Waals surface area (Å²) in [6.45, 7) is 1.62. The Hall–Kier alpha value is -2.35. The molecule has 1 aromatic carbocycles. The van der Waals surface area contributed by atoms with Gasteiger partial charge in [-0.3, -0.25) is 4.99 Å². The Morgan fingerprint density at radius 1 is 1.32 bits per heavy atom. The summed E-state index contributed by atoms with van der Waals surface area (Å²) in [4.78, 5) is 7.72. The molecule has 152 valence electrons. The van der Waals surface area contributed by atoms with E-state index in [1.165, 1.54) is 4.88 Å². The zero-order valence-electron chi connectivity index (χ0n) is 16.1. The average molecular weight is 409 g/mol. The van der Waals surface area contributed by atoms with E-state index < -0.39 is 6.61 Å². The fourth-order valence-corrected chi connectivity index (χ4v) is 4.11. The fraction of sp³-hybridized carbons (Fsp3) is 0.450.